The number of carbonyl (C=O) groups is 3. The normalized spacial score (nSPS) is 28.1. The quantitative estimate of drug-likeness (QED) is 0.526. The summed E-state index contributed by atoms with van der Waals surface area (Å²) in [6.45, 7) is 1.79. The summed E-state index contributed by atoms with van der Waals surface area (Å²) in [7, 11) is 1.23. The van der Waals surface area contributed by atoms with Crippen LogP contribution in [0.4, 0.5) is 0 Å². The smallest absolute Gasteiger partial charge is 0.331 e. The fourth-order valence-corrected chi connectivity index (χ4v) is 1.71. The molecule has 0 heterocycles. The van der Waals surface area contributed by atoms with Crippen molar-refractivity contribution in [3.8, 4) is 0 Å². The number of hydrogen-bond acceptors (Lipinski definition) is 5. The van der Waals surface area contributed by atoms with Gasteiger partial charge in [-0.2, -0.15) is 0 Å². The van der Waals surface area contributed by atoms with Gasteiger partial charge in [-0.25, -0.2) is 4.79 Å². The molecule has 4 N–H and O–H groups in total. The predicted octanol–water partition coefficient (Wildman–Crippen LogP) is -1.14. The third kappa shape index (κ3) is 2.73. The molecular weight excluding hydrogens is 228 g/mol. The summed E-state index contributed by atoms with van der Waals surface area (Å²) < 4.78 is 4.60. The second-order valence-corrected chi connectivity index (χ2v) is 4.26. The lowest BCUT2D eigenvalue weighted by molar-refractivity contribution is -0.147. The van der Waals surface area contributed by atoms with Crippen LogP contribution in [0.3, 0.4) is 0 Å². The molecule has 1 rings (SSSR count). The Morgan fingerprint density at radius 2 is 2.12 bits per heavy atom. The molecule has 3 atom stereocenters. The maximum atomic E-state index is 11.6. The topological polar surface area (TPSA) is 119 Å². The van der Waals surface area contributed by atoms with E-state index in [2.05, 4.69) is 10.1 Å². The zero-order valence-electron chi connectivity index (χ0n) is 9.73. The lowest BCUT2D eigenvalue weighted by atomic mass is 10.1. The van der Waals surface area contributed by atoms with Crippen LogP contribution in [-0.2, 0) is 19.1 Å². The van der Waals surface area contributed by atoms with Crippen molar-refractivity contribution < 1.29 is 24.2 Å². The van der Waals surface area contributed by atoms with Crippen molar-refractivity contribution >= 4 is 17.8 Å². The molecule has 7 heteroatoms. The van der Waals surface area contributed by atoms with E-state index in [0.29, 0.717) is 6.42 Å². The molecule has 0 aliphatic heterocycles. The molecule has 0 bridgehead atoms. The van der Waals surface area contributed by atoms with Crippen LogP contribution in [0.15, 0.2) is 0 Å². The molecule has 0 aromatic heterocycles. The van der Waals surface area contributed by atoms with Crippen molar-refractivity contribution in [1.29, 1.82) is 0 Å². The Morgan fingerprint density at radius 1 is 1.59 bits per heavy atom. The number of ether oxygens (including phenoxy) is 1. The summed E-state index contributed by atoms with van der Waals surface area (Å²) in [5, 5.41) is 11.0. The number of amides is 1. The molecule has 0 unspecified atom stereocenters. The zero-order valence-corrected chi connectivity index (χ0v) is 9.73. The molecule has 1 amide bonds. The molecule has 0 aromatic rings. The molecule has 0 saturated heterocycles. The van der Waals surface area contributed by atoms with Gasteiger partial charge in [0, 0.05) is 0 Å². The third-order valence-electron chi connectivity index (χ3n) is 2.94. The molecule has 0 radical (unpaired) electrons. The van der Waals surface area contributed by atoms with Crippen LogP contribution in [0.5, 0.6) is 0 Å². The van der Waals surface area contributed by atoms with Gasteiger partial charge in [-0.1, -0.05) is 6.92 Å². The van der Waals surface area contributed by atoms with Crippen LogP contribution in [0.25, 0.3) is 0 Å². The fraction of sp³-hybridized carbons (Fsp3) is 0.700. The van der Waals surface area contributed by atoms with Crippen molar-refractivity contribution in [1.82, 2.24) is 5.32 Å². The van der Waals surface area contributed by atoms with E-state index in [1.807, 2.05) is 0 Å². The van der Waals surface area contributed by atoms with Gasteiger partial charge >= 0.3 is 11.9 Å². The van der Waals surface area contributed by atoms with E-state index >= 15 is 0 Å². The third-order valence-corrected chi connectivity index (χ3v) is 2.94. The number of carboxylic acids is 1. The highest BCUT2D eigenvalue weighted by Gasteiger charge is 2.60. The van der Waals surface area contributed by atoms with Gasteiger partial charge in [0.1, 0.15) is 5.54 Å². The number of nitrogens with one attached hydrogen (secondary N) is 1. The number of methoxy groups -OCH3 is 1. The van der Waals surface area contributed by atoms with Crippen molar-refractivity contribution in [3.63, 3.8) is 0 Å². The Bertz CT molecular complexity index is 357. The van der Waals surface area contributed by atoms with Gasteiger partial charge in [0.05, 0.1) is 19.6 Å². The monoisotopic (exact) mass is 244 g/mol. The molecule has 1 aliphatic carbocycles. The number of rotatable bonds is 5. The van der Waals surface area contributed by atoms with Crippen molar-refractivity contribution in [2.75, 3.05) is 7.11 Å². The molecule has 1 aliphatic rings. The van der Waals surface area contributed by atoms with Gasteiger partial charge in [0.15, 0.2) is 0 Å². The minimum absolute atomic E-state index is 0.0315. The first-order chi connectivity index (χ1) is 7.83. The number of aliphatic carboxylic acids is 1. The number of esters is 1. The zero-order chi connectivity index (χ0) is 13.2. The van der Waals surface area contributed by atoms with E-state index in [1.165, 1.54) is 7.11 Å². The number of carbonyl (C=O) groups excluding carboxylic acids is 2. The molecule has 0 spiro atoms. The summed E-state index contributed by atoms with van der Waals surface area (Å²) in [6.07, 6.45) is 0.00265. The molecule has 96 valence electrons. The number of nitrogens with two attached hydrogens (primary N) is 1. The first-order valence-corrected chi connectivity index (χ1v) is 5.21. The number of carboxylic acid groups (broad SMARTS) is 1. The largest absolute Gasteiger partial charge is 0.481 e. The van der Waals surface area contributed by atoms with Gasteiger partial charge < -0.3 is 20.9 Å². The van der Waals surface area contributed by atoms with Gasteiger partial charge in [-0.05, 0) is 12.3 Å². The highest BCUT2D eigenvalue weighted by Crippen LogP contribution is 2.43. The molecule has 17 heavy (non-hydrogen) atoms. The van der Waals surface area contributed by atoms with Crippen LogP contribution in [0.1, 0.15) is 19.8 Å². The highest BCUT2D eigenvalue weighted by molar-refractivity contribution is 5.94. The van der Waals surface area contributed by atoms with Gasteiger partial charge in [0.25, 0.3) is 0 Å². The Balaban J connectivity index is 2.61. The lowest BCUT2D eigenvalue weighted by Gasteiger charge is -2.18. The van der Waals surface area contributed by atoms with Crippen molar-refractivity contribution in [2.24, 2.45) is 11.7 Å². The summed E-state index contributed by atoms with van der Waals surface area (Å²) in [4.78, 5) is 33.5. The Labute approximate surface area is 98.3 Å². The van der Waals surface area contributed by atoms with Gasteiger partial charge in [0.2, 0.25) is 5.91 Å². The molecule has 1 fully saturated rings. The Hall–Kier alpha value is -1.63. The van der Waals surface area contributed by atoms with E-state index in [9.17, 15) is 14.4 Å². The van der Waals surface area contributed by atoms with E-state index < -0.39 is 35.8 Å². The van der Waals surface area contributed by atoms with Crippen LogP contribution in [0, 0.1) is 5.92 Å². The first kappa shape index (κ1) is 13.4. The maximum absolute atomic E-state index is 11.6. The fourth-order valence-electron chi connectivity index (χ4n) is 1.71. The average molecular weight is 244 g/mol. The second-order valence-electron chi connectivity index (χ2n) is 4.26. The molecule has 1 saturated carbocycles. The highest BCUT2D eigenvalue weighted by atomic mass is 16.5. The van der Waals surface area contributed by atoms with Crippen LogP contribution in [0.2, 0.25) is 0 Å². The van der Waals surface area contributed by atoms with Gasteiger partial charge in [-0.3, -0.25) is 9.59 Å². The average Bonchev–Trinajstić information content (AvgIpc) is 2.88. The lowest BCUT2D eigenvalue weighted by Crippen LogP contribution is -2.52. The van der Waals surface area contributed by atoms with Crippen molar-refractivity contribution in [3.05, 3.63) is 0 Å². The second kappa shape index (κ2) is 4.70. The first-order valence-electron chi connectivity index (χ1n) is 5.21. The molecule has 7 nitrogen and oxygen atoms in total. The summed E-state index contributed by atoms with van der Waals surface area (Å²) in [5.74, 6) is -2.37. The van der Waals surface area contributed by atoms with Crippen molar-refractivity contribution in [2.45, 2.75) is 31.3 Å². The standard InChI is InChI=1S/C10H16N2O5/c1-5-4-10(5,9(16)17-2)12-8(15)6(11)3-7(13)14/h5-6H,3-4,11H2,1-2H3,(H,12,15)(H,13,14)/t5-,6+,10-/m1/s1. The summed E-state index contributed by atoms with van der Waals surface area (Å²) in [6, 6.07) is -1.16. The van der Waals surface area contributed by atoms with Crippen LogP contribution < -0.4 is 11.1 Å². The SMILES string of the molecule is COC(=O)[C@@]1(NC(=O)[C@@H](N)CC(=O)O)C[C@H]1C. The van der Waals surface area contributed by atoms with Gasteiger partial charge in [-0.15, -0.1) is 0 Å². The molecule has 0 aromatic carbocycles. The minimum atomic E-state index is -1.16. The van der Waals surface area contributed by atoms with E-state index in [0.717, 1.165) is 0 Å². The summed E-state index contributed by atoms with van der Waals surface area (Å²) >= 11 is 0. The van der Waals surface area contributed by atoms with E-state index in [-0.39, 0.29) is 5.92 Å². The van der Waals surface area contributed by atoms with Crippen LogP contribution >= 0.6 is 0 Å². The molecular formula is C10H16N2O5. The van der Waals surface area contributed by atoms with E-state index in [4.69, 9.17) is 10.8 Å². The van der Waals surface area contributed by atoms with E-state index in [1.54, 1.807) is 6.92 Å². The predicted molar refractivity (Wildman–Crippen MR) is 56.9 cm³/mol. The maximum Gasteiger partial charge on any atom is 0.331 e. The van der Waals surface area contributed by atoms with Crippen LogP contribution in [-0.4, -0.2) is 41.6 Å². The Morgan fingerprint density at radius 3 is 2.47 bits per heavy atom. The summed E-state index contributed by atoms with van der Waals surface area (Å²) in [5.41, 5.74) is 4.37. The number of hydrogen-bond donors (Lipinski definition) is 3. The Kier molecular flexibility index (Phi) is 3.72. The minimum Gasteiger partial charge on any atom is -0.481 e.